The van der Waals surface area contributed by atoms with Crippen molar-refractivity contribution in [1.82, 2.24) is 0 Å². The van der Waals surface area contributed by atoms with Gasteiger partial charge in [-0.25, -0.2) is 0 Å². The van der Waals surface area contributed by atoms with E-state index < -0.39 is 0 Å². The van der Waals surface area contributed by atoms with Gasteiger partial charge < -0.3 is 0 Å². The molecule has 0 heterocycles. The van der Waals surface area contributed by atoms with Gasteiger partial charge in [0.2, 0.25) is 0 Å². The van der Waals surface area contributed by atoms with Crippen molar-refractivity contribution in [2.75, 3.05) is 11.5 Å². The third-order valence-electron chi connectivity index (χ3n) is 1.19. The maximum absolute atomic E-state index is 4.92. The zero-order valence-electron chi connectivity index (χ0n) is 10.2. The maximum atomic E-state index is 4.92. The second-order valence-corrected chi connectivity index (χ2v) is 6.54. The van der Waals surface area contributed by atoms with Gasteiger partial charge in [0.15, 0.2) is 0 Å². The van der Waals surface area contributed by atoms with E-state index in [9.17, 15) is 0 Å². The number of hydrogen-bond donors (Lipinski definition) is 0. The first-order valence-electron chi connectivity index (χ1n) is 4.93. The van der Waals surface area contributed by atoms with Crippen LogP contribution in [0.1, 0.15) is 40.5 Å². The molecule has 0 saturated carbocycles. The van der Waals surface area contributed by atoms with Crippen LogP contribution in [0, 0.1) is 0 Å². The number of hydrogen-bond acceptors (Lipinski definition) is 4. The minimum atomic E-state index is 0. The SMILES string of the molecule is CCSC(=S)CC.CCSC(=S)CC.[Zn+2]. The molecule has 0 spiro atoms. The van der Waals surface area contributed by atoms with Gasteiger partial charge in [0.1, 0.15) is 0 Å². The first kappa shape index (κ1) is 21.8. The van der Waals surface area contributed by atoms with Crippen LogP contribution in [0.15, 0.2) is 0 Å². The summed E-state index contributed by atoms with van der Waals surface area (Å²) in [5, 5.41) is 0. The van der Waals surface area contributed by atoms with Gasteiger partial charge in [0, 0.05) is 8.39 Å². The zero-order chi connectivity index (χ0) is 11.4. The van der Waals surface area contributed by atoms with Crippen LogP contribution in [0.5, 0.6) is 0 Å². The van der Waals surface area contributed by atoms with Crippen molar-refractivity contribution >= 4 is 56.4 Å². The summed E-state index contributed by atoms with van der Waals surface area (Å²) < 4.78 is 2.25. The smallest absolute Gasteiger partial charge is 0.119 e. The predicted octanol–water partition coefficient (Wildman–Crippen LogP) is 4.95. The standard InChI is InChI=1S/2C5H10S2.Zn/c2*1-3-5(6)7-4-2;/h2*3-4H2,1-2H3;/q;;+2. The molecular formula is C10H20S4Zn+2. The first-order chi connectivity index (χ1) is 6.62. The fourth-order valence-corrected chi connectivity index (χ4v) is 2.29. The third-order valence-corrected chi connectivity index (χ3v) is 4.27. The number of rotatable bonds is 4. The second kappa shape index (κ2) is 17.9. The van der Waals surface area contributed by atoms with Crippen molar-refractivity contribution in [2.45, 2.75) is 40.5 Å². The average molecular weight is 334 g/mol. The minimum Gasteiger partial charge on any atom is -0.119 e. The zero-order valence-corrected chi connectivity index (χ0v) is 16.4. The van der Waals surface area contributed by atoms with Crippen molar-refractivity contribution in [2.24, 2.45) is 0 Å². The summed E-state index contributed by atoms with van der Waals surface area (Å²) in [6, 6.07) is 0. The van der Waals surface area contributed by atoms with Crippen molar-refractivity contribution in [3.63, 3.8) is 0 Å². The normalized spacial score (nSPS) is 8.27. The molecule has 0 N–H and O–H groups in total. The largest absolute Gasteiger partial charge is 2.00 e. The Balaban J connectivity index is -0.000000180. The van der Waals surface area contributed by atoms with Crippen LogP contribution >= 0.6 is 48.0 Å². The summed E-state index contributed by atoms with van der Waals surface area (Å²) >= 11 is 13.4. The molecule has 0 aliphatic carbocycles. The van der Waals surface area contributed by atoms with Crippen LogP contribution in [-0.4, -0.2) is 19.9 Å². The van der Waals surface area contributed by atoms with E-state index >= 15 is 0 Å². The molecule has 0 atom stereocenters. The van der Waals surface area contributed by atoms with Crippen LogP contribution in [-0.2, 0) is 19.5 Å². The Morgan fingerprint density at radius 1 is 0.800 bits per heavy atom. The van der Waals surface area contributed by atoms with Crippen molar-refractivity contribution in [1.29, 1.82) is 0 Å². The first-order valence-corrected chi connectivity index (χ1v) is 7.72. The molecule has 0 unspecified atom stereocenters. The Kier molecular flexibility index (Phi) is 25.9. The molecule has 0 aromatic heterocycles. The molecule has 0 aliphatic rings. The van der Waals surface area contributed by atoms with Gasteiger partial charge >= 0.3 is 19.5 Å². The molecule has 0 fully saturated rings. The van der Waals surface area contributed by atoms with E-state index in [1.807, 2.05) is 0 Å². The summed E-state index contributed by atoms with van der Waals surface area (Å²) in [7, 11) is 0. The molecule has 0 aromatic carbocycles. The molecule has 0 amide bonds. The molecule has 0 aromatic rings. The third kappa shape index (κ3) is 21.4. The molecular weight excluding hydrogens is 314 g/mol. The molecule has 0 aliphatic heterocycles. The summed E-state index contributed by atoms with van der Waals surface area (Å²) in [5.74, 6) is 2.24. The molecule has 0 saturated heterocycles. The monoisotopic (exact) mass is 332 g/mol. The van der Waals surface area contributed by atoms with Crippen molar-refractivity contribution < 1.29 is 19.5 Å². The van der Waals surface area contributed by atoms with Crippen LogP contribution in [0.2, 0.25) is 0 Å². The van der Waals surface area contributed by atoms with Gasteiger partial charge in [-0.2, -0.15) is 0 Å². The summed E-state index contributed by atoms with van der Waals surface area (Å²) in [5.41, 5.74) is 0. The van der Waals surface area contributed by atoms with Gasteiger partial charge in [-0.3, -0.25) is 0 Å². The minimum absolute atomic E-state index is 0. The molecule has 0 bridgehead atoms. The van der Waals surface area contributed by atoms with Gasteiger partial charge in [-0.05, 0) is 24.3 Å². The van der Waals surface area contributed by atoms with E-state index in [4.69, 9.17) is 24.4 Å². The fraction of sp³-hybridized carbons (Fsp3) is 0.800. The Bertz CT molecular complexity index is 142. The second-order valence-electron chi connectivity index (χ2n) is 2.32. The maximum Gasteiger partial charge on any atom is 2.00 e. The average Bonchev–Trinajstić information content (AvgIpc) is 2.19. The van der Waals surface area contributed by atoms with E-state index in [1.54, 1.807) is 23.5 Å². The molecule has 15 heavy (non-hydrogen) atoms. The Hall–Kier alpha value is 1.50. The summed E-state index contributed by atoms with van der Waals surface area (Å²) in [6.07, 6.45) is 2.07. The summed E-state index contributed by atoms with van der Waals surface area (Å²) in [6.45, 7) is 8.41. The van der Waals surface area contributed by atoms with Gasteiger partial charge in [-0.1, -0.05) is 52.1 Å². The number of thioether (sulfide) groups is 2. The molecule has 0 radical (unpaired) electrons. The number of thiocarbonyl (C=S) groups is 2. The molecule has 0 nitrogen and oxygen atoms in total. The Morgan fingerprint density at radius 3 is 1.13 bits per heavy atom. The van der Waals surface area contributed by atoms with Crippen LogP contribution in [0.25, 0.3) is 0 Å². The van der Waals surface area contributed by atoms with Gasteiger partial charge in [0.25, 0.3) is 0 Å². The van der Waals surface area contributed by atoms with Crippen LogP contribution in [0.3, 0.4) is 0 Å². The summed E-state index contributed by atoms with van der Waals surface area (Å²) in [4.78, 5) is 0. The van der Waals surface area contributed by atoms with E-state index in [0.717, 1.165) is 32.7 Å². The molecule has 5 heteroatoms. The molecule has 84 valence electrons. The van der Waals surface area contributed by atoms with E-state index in [0.29, 0.717) is 0 Å². The quantitative estimate of drug-likeness (QED) is 0.527. The molecule has 0 rings (SSSR count). The Morgan fingerprint density at radius 2 is 1.07 bits per heavy atom. The van der Waals surface area contributed by atoms with Crippen LogP contribution in [0.4, 0.5) is 0 Å². The predicted molar refractivity (Wildman–Crippen MR) is 82.0 cm³/mol. The van der Waals surface area contributed by atoms with E-state index in [-0.39, 0.29) is 19.5 Å². The van der Waals surface area contributed by atoms with Crippen molar-refractivity contribution in [3.8, 4) is 0 Å². The van der Waals surface area contributed by atoms with Gasteiger partial charge in [0.05, 0.1) is 0 Å². The van der Waals surface area contributed by atoms with Gasteiger partial charge in [-0.15, -0.1) is 23.5 Å². The fourth-order valence-electron chi connectivity index (χ4n) is 0.526. The van der Waals surface area contributed by atoms with Crippen molar-refractivity contribution in [3.05, 3.63) is 0 Å². The van der Waals surface area contributed by atoms with Crippen LogP contribution < -0.4 is 0 Å². The van der Waals surface area contributed by atoms with E-state index in [2.05, 4.69) is 27.7 Å². The topological polar surface area (TPSA) is 0 Å². The van der Waals surface area contributed by atoms with E-state index in [1.165, 1.54) is 0 Å². The Labute approximate surface area is 127 Å².